The van der Waals surface area contributed by atoms with E-state index in [-0.39, 0.29) is 36.6 Å². The first-order valence-electron chi connectivity index (χ1n) is 12.4. The summed E-state index contributed by atoms with van der Waals surface area (Å²) < 4.78 is 50.5. The molecule has 1 atom stereocenters. The lowest BCUT2D eigenvalue weighted by Crippen LogP contribution is -2.40. The van der Waals surface area contributed by atoms with Crippen molar-refractivity contribution in [2.75, 3.05) is 0 Å². The van der Waals surface area contributed by atoms with Crippen LogP contribution in [0.25, 0.3) is 0 Å². The molecular formula is C24H32F2N7O4P. The van der Waals surface area contributed by atoms with Crippen molar-refractivity contribution in [2.24, 2.45) is 5.92 Å². The van der Waals surface area contributed by atoms with E-state index in [0.717, 1.165) is 32.1 Å². The van der Waals surface area contributed by atoms with Crippen molar-refractivity contribution in [3.63, 3.8) is 0 Å². The Balaban J connectivity index is 2.06. The van der Waals surface area contributed by atoms with E-state index in [1.54, 1.807) is 0 Å². The Kier molecular flexibility index (Phi) is 10.6. The van der Waals surface area contributed by atoms with Crippen molar-refractivity contribution in [1.82, 2.24) is 29.5 Å². The lowest BCUT2D eigenvalue weighted by molar-refractivity contribution is -0.00834. The average molecular weight is 552 g/mol. The van der Waals surface area contributed by atoms with Crippen molar-refractivity contribution in [2.45, 2.75) is 77.0 Å². The predicted molar refractivity (Wildman–Crippen MR) is 132 cm³/mol. The normalized spacial score (nSPS) is 12.9. The summed E-state index contributed by atoms with van der Waals surface area (Å²) >= 11 is 0. The summed E-state index contributed by atoms with van der Waals surface area (Å²) in [5.41, 5.74) is -2.17. The summed E-state index contributed by atoms with van der Waals surface area (Å²) in [6, 6.07) is 4.08. The number of rotatable bonds is 16. The van der Waals surface area contributed by atoms with Crippen LogP contribution in [0.3, 0.4) is 0 Å². The summed E-state index contributed by atoms with van der Waals surface area (Å²) in [5, 5.41) is 17.1. The number of halogens is 2. The molecule has 0 saturated carbocycles. The van der Waals surface area contributed by atoms with Crippen LogP contribution in [0.4, 0.5) is 8.78 Å². The molecule has 0 aliphatic carbocycles. The summed E-state index contributed by atoms with van der Waals surface area (Å²) in [4.78, 5) is 27.4. The van der Waals surface area contributed by atoms with Crippen molar-refractivity contribution in [3.8, 4) is 6.07 Å². The molecule has 0 aliphatic rings. The van der Waals surface area contributed by atoms with Gasteiger partial charge in [0.05, 0.1) is 19.2 Å². The molecule has 2 heterocycles. The number of phosphoric ester groups is 1. The zero-order valence-corrected chi connectivity index (χ0v) is 22.1. The molecule has 0 aliphatic heterocycles. The van der Waals surface area contributed by atoms with Gasteiger partial charge in [0.15, 0.2) is 0 Å². The Morgan fingerprint density at radius 3 is 2.24 bits per heavy atom. The third-order valence-corrected chi connectivity index (χ3v) is 6.91. The van der Waals surface area contributed by atoms with E-state index in [1.165, 1.54) is 40.7 Å². The minimum absolute atomic E-state index is 0.0259. The Labute approximate surface area is 219 Å². The molecule has 0 amide bonds. The maximum absolute atomic E-state index is 15.5. The van der Waals surface area contributed by atoms with Crippen LogP contribution in [0.1, 0.15) is 63.0 Å². The smallest absolute Gasteiger partial charge is 0.303 e. The predicted octanol–water partition coefficient (Wildman–Crippen LogP) is 4.29. The molecule has 2 aromatic heterocycles. The fourth-order valence-corrected chi connectivity index (χ4v) is 5.26. The molecule has 206 valence electrons. The molecule has 1 aromatic carbocycles. The highest BCUT2D eigenvalue weighted by Gasteiger charge is 2.44. The van der Waals surface area contributed by atoms with Crippen molar-refractivity contribution in [1.29, 1.82) is 5.26 Å². The maximum atomic E-state index is 15.5. The monoisotopic (exact) mass is 551 g/mol. The zero-order chi connectivity index (χ0) is 27.6. The average Bonchev–Trinajstić information content (AvgIpc) is 3.54. The van der Waals surface area contributed by atoms with Crippen LogP contribution in [0.5, 0.6) is 0 Å². The Bertz CT molecular complexity index is 1190. The summed E-state index contributed by atoms with van der Waals surface area (Å²) in [6.45, 7) is 1.37. The van der Waals surface area contributed by atoms with Gasteiger partial charge in [-0.05, 0) is 30.4 Å². The van der Waals surface area contributed by atoms with Crippen molar-refractivity contribution >= 4 is 7.82 Å². The van der Waals surface area contributed by atoms with Gasteiger partial charge < -0.3 is 9.79 Å². The van der Waals surface area contributed by atoms with Gasteiger partial charge in [-0.1, -0.05) is 39.0 Å². The molecular weight excluding hydrogens is 519 g/mol. The summed E-state index contributed by atoms with van der Waals surface area (Å²) in [6.07, 6.45) is 10.9. The lowest BCUT2D eigenvalue weighted by atomic mass is 9.86. The SMILES string of the molecule is CCCCCCC(CCC#N)Cc1cc(C(Cn2cncn2)(Cn2cncn2)OP(=O)(O)O)c(F)cc1F. The molecule has 3 rings (SSSR count). The second-order valence-corrected chi connectivity index (χ2v) is 10.5. The van der Waals surface area contributed by atoms with Gasteiger partial charge in [0, 0.05) is 18.1 Å². The molecule has 0 radical (unpaired) electrons. The van der Waals surface area contributed by atoms with E-state index in [4.69, 9.17) is 9.79 Å². The van der Waals surface area contributed by atoms with Gasteiger partial charge in [0.1, 0.15) is 42.5 Å². The van der Waals surface area contributed by atoms with Gasteiger partial charge in [0.2, 0.25) is 0 Å². The number of nitrogens with zero attached hydrogens (tertiary/aromatic N) is 7. The summed E-state index contributed by atoms with van der Waals surface area (Å²) in [7, 11) is -5.22. The van der Waals surface area contributed by atoms with Gasteiger partial charge in [-0.3, -0.25) is 4.52 Å². The second kappa shape index (κ2) is 13.7. The fourth-order valence-electron chi connectivity index (χ4n) is 4.59. The largest absolute Gasteiger partial charge is 0.470 e. The minimum Gasteiger partial charge on any atom is -0.303 e. The summed E-state index contributed by atoms with van der Waals surface area (Å²) in [5.74, 6) is -1.85. The van der Waals surface area contributed by atoms with E-state index < -0.39 is 25.1 Å². The second-order valence-electron chi connectivity index (χ2n) is 9.30. The third-order valence-electron chi connectivity index (χ3n) is 6.33. The van der Waals surface area contributed by atoms with Gasteiger partial charge in [-0.2, -0.15) is 15.5 Å². The van der Waals surface area contributed by atoms with Gasteiger partial charge in [-0.25, -0.2) is 32.7 Å². The Morgan fingerprint density at radius 1 is 1.05 bits per heavy atom. The van der Waals surface area contributed by atoms with E-state index in [1.807, 2.05) is 0 Å². The van der Waals surface area contributed by atoms with E-state index >= 15 is 8.78 Å². The van der Waals surface area contributed by atoms with Crippen LogP contribution in [0.2, 0.25) is 0 Å². The molecule has 0 spiro atoms. The van der Waals surface area contributed by atoms with Crippen molar-refractivity contribution in [3.05, 3.63) is 60.2 Å². The Morgan fingerprint density at radius 2 is 1.71 bits per heavy atom. The van der Waals surface area contributed by atoms with Gasteiger partial charge in [0.25, 0.3) is 0 Å². The van der Waals surface area contributed by atoms with Gasteiger partial charge in [-0.15, -0.1) is 0 Å². The third kappa shape index (κ3) is 8.49. The number of hydrogen-bond acceptors (Lipinski definition) is 7. The van der Waals surface area contributed by atoms with Crippen LogP contribution in [-0.2, 0) is 34.2 Å². The number of hydrogen-bond donors (Lipinski definition) is 2. The standard InChI is InChI=1S/C24H32F2N7O4P/c1-2-3-4-5-7-19(8-6-9-27)10-20-11-21(23(26)12-22(20)25)24(37-38(34,35)36,13-32-17-28-15-30-32)14-33-18-29-16-31-33/h11-12,15-19H,2-8,10,13-14H2,1H3,(H2,34,35,36). The number of phosphoric acid groups is 1. The van der Waals surface area contributed by atoms with E-state index in [2.05, 4.69) is 33.2 Å². The van der Waals surface area contributed by atoms with E-state index in [9.17, 15) is 14.4 Å². The first kappa shape index (κ1) is 29.5. The number of aromatic nitrogens is 6. The quantitative estimate of drug-likeness (QED) is 0.196. The van der Waals surface area contributed by atoms with Crippen molar-refractivity contribution < 1.29 is 27.7 Å². The van der Waals surface area contributed by atoms with Crippen LogP contribution in [0.15, 0.2) is 37.4 Å². The zero-order valence-electron chi connectivity index (χ0n) is 21.2. The number of nitriles is 1. The molecule has 0 saturated heterocycles. The molecule has 3 aromatic rings. The first-order chi connectivity index (χ1) is 18.2. The molecule has 1 unspecified atom stereocenters. The molecule has 2 N–H and O–H groups in total. The maximum Gasteiger partial charge on any atom is 0.470 e. The van der Waals surface area contributed by atoms with Gasteiger partial charge >= 0.3 is 7.82 Å². The molecule has 14 heteroatoms. The molecule has 38 heavy (non-hydrogen) atoms. The Hall–Kier alpha value is -3.04. The van der Waals surface area contributed by atoms with Crippen LogP contribution < -0.4 is 0 Å². The van der Waals surface area contributed by atoms with Crippen LogP contribution in [0, 0.1) is 28.9 Å². The molecule has 11 nitrogen and oxygen atoms in total. The highest BCUT2D eigenvalue weighted by atomic mass is 31.2. The number of unbranched alkanes of at least 4 members (excludes halogenated alkanes) is 3. The minimum atomic E-state index is -5.22. The number of benzene rings is 1. The van der Waals surface area contributed by atoms with Crippen LogP contribution >= 0.6 is 7.82 Å². The fraction of sp³-hybridized carbons (Fsp3) is 0.542. The first-order valence-corrected chi connectivity index (χ1v) is 13.9. The highest BCUT2D eigenvalue weighted by Crippen LogP contribution is 2.48. The topological polar surface area (TPSA) is 152 Å². The molecule has 0 fully saturated rings. The molecule has 0 bridgehead atoms. The van der Waals surface area contributed by atoms with Crippen LogP contribution in [-0.4, -0.2) is 39.3 Å². The van der Waals surface area contributed by atoms with E-state index in [0.29, 0.717) is 18.9 Å². The lowest BCUT2D eigenvalue weighted by Gasteiger charge is -2.34. The highest BCUT2D eigenvalue weighted by molar-refractivity contribution is 7.46.